The Bertz CT molecular complexity index is 1240. The molecule has 136 valence electrons. The monoisotopic (exact) mass is 384 g/mol. The second kappa shape index (κ2) is 6.10. The van der Waals surface area contributed by atoms with Crippen molar-refractivity contribution >= 4 is 38.1 Å². The first-order valence-electron chi connectivity index (χ1n) is 7.92. The molecule has 0 saturated carbocycles. The number of sulfonamides is 1. The Kier molecular flexibility index (Phi) is 3.85. The maximum absolute atomic E-state index is 13.3. The Morgan fingerprint density at radius 3 is 2.59 bits per heavy atom. The number of carbonyl (C=O) groups excluding carboxylic acids is 1. The van der Waals surface area contributed by atoms with Gasteiger partial charge in [0.2, 0.25) is 0 Å². The first-order chi connectivity index (χ1) is 12.9. The van der Waals surface area contributed by atoms with Crippen LogP contribution in [0.2, 0.25) is 0 Å². The van der Waals surface area contributed by atoms with Crippen molar-refractivity contribution in [2.24, 2.45) is 0 Å². The predicted molar refractivity (Wildman–Crippen MR) is 98.8 cm³/mol. The Morgan fingerprint density at radius 1 is 1.04 bits per heavy atom. The number of fused-ring (bicyclic) bond motifs is 3. The zero-order valence-electron chi connectivity index (χ0n) is 13.7. The fraction of sp³-hybridized carbons (Fsp3) is 0. The smallest absolute Gasteiger partial charge is 0.276 e. The summed E-state index contributed by atoms with van der Waals surface area (Å²) in [6.45, 7) is 0. The van der Waals surface area contributed by atoms with Gasteiger partial charge in [0.05, 0.1) is 0 Å². The molecule has 1 heterocycles. The van der Waals surface area contributed by atoms with E-state index in [1.165, 1.54) is 24.3 Å². The number of aliphatic hydroxyl groups is 1. The van der Waals surface area contributed by atoms with Crippen LogP contribution in [0.25, 0.3) is 16.5 Å². The SMILES string of the molecule is O=C(Nc1cccc(F)c1)C1=C(O)c2ccc3ccccc3c2S(=O)(=O)N1. The highest BCUT2D eigenvalue weighted by molar-refractivity contribution is 7.90. The van der Waals surface area contributed by atoms with E-state index in [9.17, 15) is 22.7 Å². The molecule has 0 spiro atoms. The van der Waals surface area contributed by atoms with E-state index in [1.807, 2.05) is 0 Å². The molecule has 0 fully saturated rings. The molecule has 0 unspecified atom stereocenters. The molecule has 3 aromatic carbocycles. The van der Waals surface area contributed by atoms with Crippen LogP contribution in [-0.4, -0.2) is 19.4 Å². The molecule has 0 saturated heterocycles. The van der Waals surface area contributed by atoms with Crippen LogP contribution in [-0.2, 0) is 14.8 Å². The van der Waals surface area contributed by atoms with Crippen LogP contribution in [0.15, 0.2) is 71.3 Å². The lowest BCUT2D eigenvalue weighted by atomic mass is 10.0. The summed E-state index contributed by atoms with van der Waals surface area (Å²) < 4.78 is 40.9. The zero-order chi connectivity index (χ0) is 19.2. The second-order valence-electron chi connectivity index (χ2n) is 5.96. The molecule has 0 atom stereocenters. The van der Waals surface area contributed by atoms with Crippen LogP contribution < -0.4 is 10.0 Å². The minimum absolute atomic E-state index is 0.0249. The number of anilines is 1. The lowest BCUT2D eigenvalue weighted by molar-refractivity contribution is -0.113. The molecule has 0 bridgehead atoms. The van der Waals surface area contributed by atoms with E-state index in [1.54, 1.807) is 30.3 Å². The summed E-state index contributed by atoms with van der Waals surface area (Å²) in [6, 6.07) is 15.1. The molecule has 6 nitrogen and oxygen atoms in total. The molecular formula is C19H13FN2O4S. The van der Waals surface area contributed by atoms with Crippen molar-refractivity contribution in [2.75, 3.05) is 5.32 Å². The largest absolute Gasteiger partial charge is 0.505 e. The maximum atomic E-state index is 13.3. The van der Waals surface area contributed by atoms with E-state index in [0.29, 0.717) is 10.8 Å². The minimum Gasteiger partial charge on any atom is -0.505 e. The zero-order valence-corrected chi connectivity index (χ0v) is 14.5. The molecule has 4 rings (SSSR count). The third kappa shape index (κ3) is 2.89. The molecule has 0 radical (unpaired) electrons. The summed E-state index contributed by atoms with van der Waals surface area (Å²) in [7, 11) is -4.10. The standard InChI is InChI=1S/C19H13FN2O4S/c20-12-5-3-6-13(10-12)21-19(24)16-17(23)15-9-8-11-4-1-2-7-14(11)18(15)27(25,26)22-16/h1-10,22-23H,(H,21,24). The van der Waals surface area contributed by atoms with Crippen molar-refractivity contribution in [1.29, 1.82) is 0 Å². The lowest BCUT2D eigenvalue weighted by Gasteiger charge is -2.22. The highest BCUT2D eigenvalue weighted by Gasteiger charge is 2.34. The van der Waals surface area contributed by atoms with E-state index >= 15 is 0 Å². The van der Waals surface area contributed by atoms with Gasteiger partial charge in [-0.15, -0.1) is 0 Å². The van der Waals surface area contributed by atoms with E-state index < -0.39 is 33.2 Å². The Balaban J connectivity index is 1.84. The second-order valence-corrected chi connectivity index (χ2v) is 7.58. The summed E-state index contributed by atoms with van der Waals surface area (Å²) in [4.78, 5) is 12.4. The average molecular weight is 384 g/mol. The van der Waals surface area contributed by atoms with Crippen LogP contribution in [0.3, 0.4) is 0 Å². The highest BCUT2D eigenvalue weighted by Crippen LogP contribution is 2.35. The molecule has 3 aromatic rings. The van der Waals surface area contributed by atoms with E-state index in [0.717, 1.165) is 6.07 Å². The molecule has 1 amide bonds. The number of hydrogen-bond donors (Lipinski definition) is 3. The van der Waals surface area contributed by atoms with Crippen LogP contribution in [0.4, 0.5) is 10.1 Å². The van der Waals surface area contributed by atoms with Crippen LogP contribution in [0.5, 0.6) is 0 Å². The van der Waals surface area contributed by atoms with Crippen molar-refractivity contribution in [3.05, 3.63) is 77.7 Å². The fourth-order valence-corrected chi connectivity index (χ4v) is 4.49. The molecule has 27 heavy (non-hydrogen) atoms. The van der Waals surface area contributed by atoms with Crippen molar-refractivity contribution in [3.63, 3.8) is 0 Å². The minimum atomic E-state index is -4.10. The highest BCUT2D eigenvalue weighted by atomic mass is 32.2. The summed E-state index contributed by atoms with van der Waals surface area (Å²) in [5.74, 6) is -1.97. The molecule has 0 aromatic heterocycles. The number of hydrogen-bond acceptors (Lipinski definition) is 4. The Labute approximate surface area is 154 Å². The van der Waals surface area contributed by atoms with Gasteiger partial charge in [0.25, 0.3) is 15.9 Å². The van der Waals surface area contributed by atoms with Gasteiger partial charge in [-0.2, -0.15) is 0 Å². The quantitative estimate of drug-likeness (QED) is 0.633. The first-order valence-corrected chi connectivity index (χ1v) is 9.40. The van der Waals surface area contributed by atoms with Gasteiger partial charge in [-0.3, -0.25) is 9.52 Å². The van der Waals surface area contributed by atoms with E-state index in [2.05, 4.69) is 10.0 Å². The van der Waals surface area contributed by atoms with Gasteiger partial charge in [0.1, 0.15) is 10.7 Å². The third-order valence-corrected chi connectivity index (χ3v) is 5.64. The number of halogens is 1. The summed E-state index contributed by atoms with van der Waals surface area (Å²) in [6.07, 6.45) is 0. The van der Waals surface area contributed by atoms with Gasteiger partial charge in [0.15, 0.2) is 11.5 Å². The van der Waals surface area contributed by atoms with E-state index in [4.69, 9.17) is 0 Å². The van der Waals surface area contributed by atoms with Gasteiger partial charge >= 0.3 is 0 Å². The normalized spacial score (nSPS) is 15.1. The Hall–Kier alpha value is -3.39. The number of aliphatic hydroxyl groups excluding tert-OH is 1. The number of rotatable bonds is 2. The van der Waals surface area contributed by atoms with Crippen molar-refractivity contribution < 1.29 is 22.7 Å². The van der Waals surface area contributed by atoms with Crippen molar-refractivity contribution in [1.82, 2.24) is 4.72 Å². The summed E-state index contributed by atoms with van der Waals surface area (Å²) in [5, 5.41) is 14.0. The van der Waals surface area contributed by atoms with Crippen molar-refractivity contribution in [3.8, 4) is 0 Å². The summed E-state index contributed by atoms with van der Waals surface area (Å²) >= 11 is 0. The molecule has 3 N–H and O–H groups in total. The molecule has 0 aliphatic carbocycles. The predicted octanol–water partition coefficient (Wildman–Crippen LogP) is 3.14. The van der Waals surface area contributed by atoms with Gasteiger partial charge in [-0.05, 0) is 29.7 Å². The Morgan fingerprint density at radius 2 is 1.81 bits per heavy atom. The summed E-state index contributed by atoms with van der Waals surface area (Å²) in [5.41, 5.74) is -0.373. The number of amides is 1. The van der Waals surface area contributed by atoms with Crippen LogP contribution in [0, 0.1) is 5.82 Å². The molecule has 1 aliphatic heterocycles. The van der Waals surface area contributed by atoms with E-state index in [-0.39, 0.29) is 16.1 Å². The number of benzene rings is 3. The van der Waals surface area contributed by atoms with Crippen LogP contribution >= 0.6 is 0 Å². The lowest BCUT2D eigenvalue weighted by Crippen LogP contribution is -2.35. The maximum Gasteiger partial charge on any atom is 0.276 e. The van der Waals surface area contributed by atoms with Gasteiger partial charge in [0, 0.05) is 16.6 Å². The third-order valence-electron chi connectivity index (χ3n) is 4.19. The van der Waals surface area contributed by atoms with Crippen LogP contribution in [0.1, 0.15) is 5.56 Å². The van der Waals surface area contributed by atoms with Gasteiger partial charge < -0.3 is 10.4 Å². The fourth-order valence-electron chi connectivity index (χ4n) is 3.00. The molecule has 1 aliphatic rings. The van der Waals surface area contributed by atoms with Crippen molar-refractivity contribution in [2.45, 2.75) is 4.90 Å². The topological polar surface area (TPSA) is 95.5 Å². The molecular weight excluding hydrogens is 371 g/mol. The number of nitrogens with one attached hydrogen (secondary N) is 2. The molecule has 8 heteroatoms. The van der Waals surface area contributed by atoms with Gasteiger partial charge in [-0.25, -0.2) is 12.8 Å². The van der Waals surface area contributed by atoms with Gasteiger partial charge in [-0.1, -0.05) is 36.4 Å². The average Bonchev–Trinajstić information content (AvgIpc) is 2.64. The first kappa shape index (κ1) is 17.0. The number of carbonyl (C=O) groups is 1.